The molecule has 1 fully saturated rings. The van der Waals surface area contributed by atoms with Crippen molar-refractivity contribution in [1.29, 1.82) is 0 Å². The third-order valence-corrected chi connectivity index (χ3v) is 3.25. The number of anilines is 2. The van der Waals surface area contributed by atoms with Gasteiger partial charge in [0.15, 0.2) is 0 Å². The topological polar surface area (TPSA) is 70.1 Å². The van der Waals surface area contributed by atoms with Crippen molar-refractivity contribution >= 4 is 11.6 Å². The van der Waals surface area contributed by atoms with Crippen molar-refractivity contribution in [2.45, 2.75) is 51.5 Å². The molecule has 0 aromatic carbocycles. The lowest BCUT2D eigenvalue weighted by Crippen LogP contribution is -2.32. The average Bonchev–Trinajstić information content (AvgIpc) is 3.11. The first-order valence-corrected chi connectivity index (χ1v) is 7.06. The molecule has 1 saturated carbocycles. The molecular weight excluding hydrogens is 240 g/mol. The number of aliphatic hydroxyl groups excluding tert-OH is 1. The highest BCUT2D eigenvalue weighted by Crippen LogP contribution is 2.39. The van der Waals surface area contributed by atoms with E-state index in [4.69, 9.17) is 5.11 Å². The molecular formula is C14H24N4O. The van der Waals surface area contributed by atoms with Crippen molar-refractivity contribution in [3.63, 3.8) is 0 Å². The summed E-state index contributed by atoms with van der Waals surface area (Å²) in [7, 11) is 0. The molecule has 1 aromatic rings. The summed E-state index contributed by atoms with van der Waals surface area (Å²) >= 11 is 0. The number of hydrogen-bond acceptors (Lipinski definition) is 5. The van der Waals surface area contributed by atoms with Gasteiger partial charge in [-0.05, 0) is 40.0 Å². The summed E-state index contributed by atoms with van der Waals surface area (Å²) in [5, 5.41) is 15.7. The van der Waals surface area contributed by atoms with E-state index in [9.17, 15) is 0 Å². The molecule has 2 rings (SSSR count). The van der Waals surface area contributed by atoms with Gasteiger partial charge >= 0.3 is 0 Å². The summed E-state index contributed by atoms with van der Waals surface area (Å²) in [5.41, 5.74) is -0.173. The molecule has 0 radical (unpaired) electrons. The maximum absolute atomic E-state index is 9.09. The Hall–Kier alpha value is -1.36. The molecule has 5 nitrogen and oxygen atoms in total. The Bertz CT molecular complexity index is 429. The summed E-state index contributed by atoms with van der Waals surface area (Å²) in [6.45, 7) is 7.20. The molecule has 1 heterocycles. The standard InChI is InChI=1S/C14H24N4O/c1-4-15-11-9-12(18-14(2,3)7-8-19)17-13(16-11)10-5-6-10/h9-10,19H,4-8H2,1-3H3,(H2,15,16,17,18). The van der Waals surface area contributed by atoms with Gasteiger partial charge in [0, 0.05) is 30.7 Å². The lowest BCUT2D eigenvalue weighted by atomic mass is 10.0. The molecule has 0 spiro atoms. The zero-order valence-corrected chi connectivity index (χ0v) is 12.0. The van der Waals surface area contributed by atoms with Crippen molar-refractivity contribution in [3.05, 3.63) is 11.9 Å². The summed E-state index contributed by atoms with van der Waals surface area (Å²) in [5.74, 6) is 3.17. The minimum atomic E-state index is -0.173. The highest BCUT2D eigenvalue weighted by Gasteiger charge is 2.28. The first-order valence-electron chi connectivity index (χ1n) is 7.06. The van der Waals surface area contributed by atoms with Crippen molar-refractivity contribution in [3.8, 4) is 0 Å². The van der Waals surface area contributed by atoms with Gasteiger partial charge in [-0.2, -0.15) is 0 Å². The predicted octanol–water partition coefficient (Wildman–Crippen LogP) is 2.36. The van der Waals surface area contributed by atoms with E-state index >= 15 is 0 Å². The van der Waals surface area contributed by atoms with Crippen molar-refractivity contribution < 1.29 is 5.11 Å². The summed E-state index contributed by atoms with van der Waals surface area (Å²) < 4.78 is 0. The van der Waals surface area contributed by atoms with Gasteiger partial charge in [-0.25, -0.2) is 9.97 Å². The third-order valence-electron chi connectivity index (χ3n) is 3.25. The van der Waals surface area contributed by atoms with Crippen LogP contribution in [0.25, 0.3) is 0 Å². The number of aliphatic hydroxyl groups is 1. The molecule has 3 N–H and O–H groups in total. The van der Waals surface area contributed by atoms with Gasteiger partial charge in [0.05, 0.1) is 0 Å². The van der Waals surface area contributed by atoms with Crippen LogP contribution in [0.2, 0.25) is 0 Å². The van der Waals surface area contributed by atoms with Crippen LogP contribution in [-0.4, -0.2) is 33.8 Å². The van der Waals surface area contributed by atoms with Crippen LogP contribution in [0, 0.1) is 0 Å². The Morgan fingerprint density at radius 2 is 2.00 bits per heavy atom. The second kappa shape index (κ2) is 5.74. The van der Waals surface area contributed by atoms with Crippen LogP contribution in [0.15, 0.2) is 6.07 Å². The molecule has 1 aromatic heterocycles. The number of aromatic nitrogens is 2. The third kappa shape index (κ3) is 4.06. The normalized spacial score (nSPS) is 15.4. The summed E-state index contributed by atoms with van der Waals surface area (Å²) in [6.07, 6.45) is 3.07. The molecule has 1 aliphatic carbocycles. The fraction of sp³-hybridized carbons (Fsp3) is 0.714. The van der Waals surface area contributed by atoms with E-state index < -0.39 is 0 Å². The second-order valence-corrected chi connectivity index (χ2v) is 5.78. The van der Waals surface area contributed by atoms with Gasteiger partial charge in [0.2, 0.25) is 0 Å². The fourth-order valence-corrected chi connectivity index (χ4v) is 2.01. The van der Waals surface area contributed by atoms with Crippen molar-refractivity contribution in [1.82, 2.24) is 9.97 Å². The molecule has 5 heteroatoms. The molecule has 0 amide bonds. The number of nitrogens with one attached hydrogen (secondary N) is 2. The van der Waals surface area contributed by atoms with Gasteiger partial charge in [0.25, 0.3) is 0 Å². The Labute approximate surface area is 114 Å². The van der Waals surface area contributed by atoms with Crippen molar-refractivity contribution in [2.24, 2.45) is 0 Å². The van der Waals surface area contributed by atoms with E-state index in [0.717, 1.165) is 24.0 Å². The van der Waals surface area contributed by atoms with Crippen LogP contribution in [-0.2, 0) is 0 Å². The maximum Gasteiger partial charge on any atom is 0.136 e. The van der Waals surface area contributed by atoms with Gasteiger partial charge in [-0.3, -0.25) is 0 Å². The predicted molar refractivity (Wildman–Crippen MR) is 77.6 cm³/mol. The highest BCUT2D eigenvalue weighted by atomic mass is 16.3. The molecule has 0 saturated heterocycles. The fourth-order valence-electron chi connectivity index (χ4n) is 2.01. The molecule has 0 aliphatic heterocycles. The lowest BCUT2D eigenvalue weighted by Gasteiger charge is -2.26. The van der Waals surface area contributed by atoms with Crippen molar-refractivity contribution in [2.75, 3.05) is 23.8 Å². The number of rotatable bonds is 7. The first kappa shape index (κ1) is 14.1. The minimum absolute atomic E-state index is 0.167. The van der Waals surface area contributed by atoms with E-state index in [2.05, 4.69) is 41.4 Å². The minimum Gasteiger partial charge on any atom is -0.396 e. The van der Waals surface area contributed by atoms with E-state index in [1.165, 1.54) is 12.8 Å². The summed E-state index contributed by atoms with van der Waals surface area (Å²) in [6, 6.07) is 1.94. The van der Waals surface area contributed by atoms with Gasteiger partial charge in [0.1, 0.15) is 17.5 Å². The SMILES string of the molecule is CCNc1cc(NC(C)(C)CCO)nc(C2CC2)n1. The first-order chi connectivity index (χ1) is 9.04. The number of hydrogen-bond donors (Lipinski definition) is 3. The van der Waals surface area contributed by atoms with Crippen LogP contribution in [0.3, 0.4) is 0 Å². The van der Waals surface area contributed by atoms with Crippen LogP contribution >= 0.6 is 0 Å². The monoisotopic (exact) mass is 264 g/mol. The van der Waals surface area contributed by atoms with E-state index in [1.807, 2.05) is 6.07 Å². The number of nitrogens with zero attached hydrogens (tertiary/aromatic N) is 2. The molecule has 106 valence electrons. The van der Waals surface area contributed by atoms with Crippen LogP contribution in [0.1, 0.15) is 51.8 Å². The van der Waals surface area contributed by atoms with Crippen LogP contribution < -0.4 is 10.6 Å². The summed E-state index contributed by atoms with van der Waals surface area (Å²) in [4.78, 5) is 9.15. The van der Waals surface area contributed by atoms with Gasteiger partial charge in [-0.1, -0.05) is 0 Å². The van der Waals surface area contributed by atoms with Gasteiger partial charge in [-0.15, -0.1) is 0 Å². The lowest BCUT2D eigenvalue weighted by molar-refractivity contribution is 0.260. The zero-order chi connectivity index (χ0) is 13.9. The second-order valence-electron chi connectivity index (χ2n) is 5.78. The molecule has 0 atom stereocenters. The maximum atomic E-state index is 9.09. The Kier molecular flexibility index (Phi) is 4.24. The largest absolute Gasteiger partial charge is 0.396 e. The van der Waals surface area contributed by atoms with E-state index in [1.54, 1.807) is 0 Å². The van der Waals surface area contributed by atoms with Crippen LogP contribution in [0.4, 0.5) is 11.6 Å². The molecule has 1 aliphatic rings. The Morgan fingerprint density at radius 1 is 1.32 bits per heavy atom. The van der Waals surface area contributed by atoms with Gasteiger partial charge < -0.3 is 15.7 Å². The Morgan fingerprint density at radius 3 is 2.58 bits per heavy atom. The Balaban J connectivity index is 2.18. The van der Waals surface area contributed by atoms with E-state index in [-0.39, 0.29) is 12.1 Å². The molecule has 0 bridgehead atoms. The zero-order valence-electron chi connectivity index (χ0n) is 12.0. The van der Waals surface area contributed by atoms with E-state index in [0.29, 0.717) is 12.3 Å². The highest BCUT2D eigenvalue weighted by molar-refractivity contribution is 5.49. The van der Waals surface area contributed by atoms with Crippen LogP contribution in [0.5, 0.6) is 0 Å². The average molecular weight is 264 g/mol. The smallest absolute Gasteiger partial charge is 0.136 e. The molecule has 19 heavy (non-hydrogen) atoms. The quantitative estimate of drug-likeness (QED) is 0.705. The molecule has 0 unspecified atom stereocenters.